The molecule has 1 N–H and O–H groups in total. The zero-order valence-corrected chi connectivity index (χ0v) is 12.4. The summed E-state index contributed by atoms with van der Waals surface area (Å²) in [5.74, 6) is 0.0325. The Morgan fingerprint density at radius 1 is 1.05 bits per heavy atom. The lowest BCUT2D eigenvalue weighted by atomic mass is 9.84. The maximum atomic E-state index is 12.2. The number of amides is 1. The molecule has 2 rings (SSSR count). The van der Waals surface area contributed by atoms with Crippen LogP contribution in [-0.4, -0.2) is 5.91 Å². The average Bonchev–Trinajstić information content (AvgIpc) is 2.54. The molecule has 0 aromatic heterocycles. The van der Waals surface area contributed by atoms with E-state index in [1.165, 1.54) is 0 Å². The highest BCUT2D eigenvalue weighted by molar-refractivity contribution is 5.78. The van der Waals surface area contributed by atoms with E-state index in [0.717, 1.165) is 11.1 Å². The molecule has 108 valence electrons. The van der Waals surface area contributed by atoms with Crippen molar-refractivity contribution in [3.05, 3.63) is 84.4 Å². The standard InChI is InChI=1S/C19H21NO/c1-3-4-15-18(21)20-19(2,16-11-7-5-8-12-16)17-13-9-6-10-14-17/h3,5-14H,1,4,15H2,2H3,(H,20,21). The smallest absolute Gasteiger partial charge is 0.221 e. The molecule has 1 amide bonds. The molecular formula is C19H21NO. The lowest BCUT2D eigenvalue weighted by Gasteiger charge is -2.32. The molecule has 0 bridgehead atoms. The van der Waals surface area contributed by atoms with Crippen LogP contribution in [-0.2, 0) is 10.3 Å². The number of hydrogen-bond acceptors (Lipinski definition) is 1. The van der Waals surface area contributed by atoms with Crippen molar-refractivity contribution in [3.63, 3.8) is 0 Å². The summed E-state index contributed by atoms with van der Waals surface area (Å²) < 4.78 is 0. The van der Waals surface area contributed by atoms with Crippen LogP contribution in [0, 0.1) is 0 Å². The molecule has 2 aromatic carbocycles. The molecule has 2 heteroatoms. The topological polar surface area (TPSA) is 29.1 Å². The summed E-state index contributed by atoms with van der Waals surface area (Å²) in [5, 5.41) is 3.17. The van der Waals surface area contributed by atoms with Crippen LogP contribution in [0.3, 0.4) is 0 Å². The van der Waals surface area contributed by atoms with Crippen LogP contribution in [0.2, 0.25) is 0 Å². The summed E-state index contributed by atoms with van der Waals surface area (Å²) in [5.41, 5.74) is 1.62. The van der Waals surface area contributed by atoms with E-state index in [0.29, 0.717) is 12.8 Å². The van der Waals surface area contributed by atoms with E-state index in [2.05, 4.69) is 11.9 Å². The van der Waals surface area contributed by atoms with Crippen LogP contribution in [0.25, 0.3) is 0 Å². The second kappa shape index (κ2) is 6.89. The van der Waals surface area contributed by atoms with E-state index in [4.69, 9.17) is 0 Å². The largest absolute Gasteiger partial charge is 0.343 e. The maximum Gasteiger partial charge on any atom is 0.221 e. The molecule has 0 fully saturated rings. The number of allylic oxidation sites excluding steroid dienone is 1. The van der Waals surface area contributed by atoms with Gasteiger partial charge in [0.2, 0.25) is 5.91 Å². The fraction of sp³-hybridized carbons (Fsp3) is 0.211. The summed E-state index contributed by atoms with van der Waals surface area (Å²) in [4.78, 5) is 12.2. The summed E-state index contributed by atoms with van der Waals surface area (Å²) >= 11 is 0. The number of carbonyl (C=O) groups is 1. The molecule has 0 spiro atoms. The van der Waals surface area contributed by atoms with Crippen molar-refractivity contribution in [1.29, 1.82) is 0 Å². The first kappa shape index (κ1) is 15.0. The van der Waals surface area contributed by atoms with Gasteiger partial charge >= 0.3 is 0 Å². The van der Waals surface area contributed by atoms with E-state index in [1.54, 1.807) is 6.08 Å². The Balaban J connectivity index is 2.35. The first-order valence-corrected chi connectivity index (χ1v) is 7.20. The van der Waals surface area contributed by atoms with Crippen LogP contribution < -0.4 is 5.32 Å². The van der Waals surface area contributed by atoms with Gasteiger partial charge in [-0.15, -0.1) is 6.58 Å². The van der Waals surface area contributed by atoms with Crippen LogP contribution in [0.5, 0.6) is 0 Å². The SMILES string of the molecule is C=CCCC(=O)NC(C)(c1ccccc1)c1ccccc1. The third kappa shape index (κ3) is 3.60. The average molecular weight is 279 g/mol. The van der Waals surface area contributed by atoms with E-state index in [-0.39, 0.29) is 5.91 Å². The Kier molecular flexibility index (Phi) is 4.94. The monoisotopic (exact) mass is 279 g/mol. The lowest BCUT2D eigenvalue weighted by molar-refractivity contribution is -0.122. The quantitative estimate of drug-likeness (QED) is 0.795. The highest BCUT2D eigenvalue weighted by Crippen LogP contribution is 2.29. The van der Waals surface area contributed by atoms with Gasteiger partial charge in [-0.3, -0.25) is 4.79 Å². The number of rotatable bonds is 6. The van der Waals surface area contributed by atoms with Crippen LogP contribution >= 0.6 is 0 Å². The summed E-state index contributed by atoms with van der Waals surface area (Å²) in [7, 11) is 0. The Hall–Kier alpha value is -2.35. The van der Waals surface area contributed by atoms with Crippen LogP contribution in [0.15, 0.2) is 73.3 Å². The van der Waals surface area contributed by atoms with Gasteiger partial charge in [-0.25, -0.2) is 0 Å². The van der Waals surface area contributed by atoms with Crippen molar-refractivity contribution < 1.29 is 4.79 Å². The second-order valence-corrected chi connectivity index (χ2v) is 5.23. The van der Waals surface area contributed by atoms with Gasteiger partial charge in [0, 0.05) is 6.42 Å². The predicted molar refractivity (Wildman–Crippen MR) is 86.9 cm³/mol. The molecule has 0 atom stereocenters. The molecule has 0 aliphatic carbocycles. The highest BCUT2D eigenvalue weighted by atomic mass is 16.1. The Morgan fingerprint density at radius 2 is 1.52 bits per heavy atom. The van der Waals surface area contributed by atoms with Gasteiger partial charge in [0.05, 0.1) is 5.54 Å². The molecule has 2 nitrogen and oxygen atoms in total. The minimum absolute atomic E-state index is 0.0325. The van der Waals surface area contributed by atoms with Gasteiger partial charge in [-0.2, -0.15) is 0 Å². The van der Waals surface area contributed by atoms with Gasteiger partial charge in [0.15, 0.2) is 0 Å². The van der Waals surface area contributed by atoms with Gasteiger partial charge in [-0.05, 0) is 24.5 Å². The molecule has 21 heavy (non-hydrogen) atoms. The normalized spacial score (nSPS) is 10.9. The van der Waals surface area contributed by atoms with Crippen molar-refractivity contribution in [2.24, 2.45) is 0 Å². The fourth-order valence-corrected chi connectivity index (χ4v) is 2.43. The zero-order valence-electron chi connectivity index (χ0n) is 12.4. The van der Waals surface area contributed by atoms with E-state index < -0.39 is 5.54 Å². The number of carbonyl (C=O) groups excluding carboxylic acids is 1. The third-order valence-corrected chi connectivity index (χ3v) is 3.67. The molecule has 0 saturated carbocycles. The van der Waals surface area contributed by atoms with E-state index in [9.17, 15) is 4.79 Å². The predicted octanol–water partition coefficient (Wildman–Crippen LogP) is 4.03. The number of nitrogens with one attached hydrogen (secondary N) is 1. The summed E-state index contributed by atoms with van der Waals surface area (Å²) in [6.45, 7) is 5.71. The molecule has 2 aromatic rings. The molecule has 0 aliphatic heterocycles. The molecule has 0 heterocycles. The molecule has 0 saturated heterocycles. The van der Waals surface area contributed by atoms with Crippen molar-refractivity contribution in [2.45, 2.75) is 25.3 Å². The van der Waals surface area contributed by atoms with E-state index >= 15 is 0 Å². The molecule has 0 aliphatic rings. The maximum absolute atomic E-state index is 12.2. The first-order chi connectivity index (χ1) is 10.2. The minimum atomic E-state index is -0.527. The number of hydrogen-bond donors (Lipinski definition) is 1. The first-order valence-electron chi connectivity index (χ1n) is 7.20. The lowest BCUT2D eigenvalue weighted by Crippen LogP contribution is -2.44. The van der Waals surface area contributed by atoms with Gasteiger partial charge in [0.1, 0.15) is 0 Å². The second-order valence-electron chi connectivity index (χ2n) is 5.23. The molecule has 0 unspecified atom stereocenters. The summed E-state index contributed by atoms with van der Waals surface area (Å²) in [6, 6.07) is 20.1. The summed E-state index contributed by atoms with van der Waals surface area (Å²) in [6.07, 6.45) is 2.91. The van der Waals surface area contributed by atoms with Gasteiger partial charge in [-0.1, -0.05) is 66.7 Å². The Bertz CT molecular complexity index is 550. The van der Waals surface area contributed by atoms with Crippen molar-refractivity contribution >= 4 is 5.91 Å². The number of benzene rings is 2. The van der Waals surface area contributed by atoms with Crippen molar-refractivity contribution in [2.75, 3.05) is 0 Å². The van der Waals surface area contributed by atoms with Crippen LogP contribution in [0.1, 0.15) is 30.9 Å². The fourth-order valence-electron chi connectivity index (χ4n) is 2.43. The van der Waals surface area contributed by atoms with Gasteiger partial charge in [0.25, 0.3) is 0 Å². The highest BCUT2D eigenvalue weighted by Gasteiger charge is 2.30. The van der Waals surface area contributed by atoms with Crippen molar-refractivity contribution in [1.82, 2.24) is 5.32 Å². The van der Waals surface area contributed by atoms with Gasteiger partial charge < -0.3 is 5.32 Å². The molecular weight excluding hydrogens is 258 g/mol. The Morgan fingerprint density at radius 3 is 1.95 bits per heavy atom. The Labute approximate surface area is 126 Å². The van der Waals surface area contributed by atoms with Crippen molar-refractivity contribution in [3.8, 4) is 0 Å². The van der Waals surface area contributed by atoms with E-state index in [1.807, 2.05) is 67.6 Å². The third-order valence-electron chi connectivity index (χ3n) is 3.67. The van der Waals surface area contributed by atoms with Crippen LogP contribution in [0.4, 0.5) is 0 Å². The minimum Gasteiger partial charge on any atom is -0.343 e. The zero-order chi connectivity index (χ0) is 15.1. The molecule has 0 radical (unpaired) electrons.